The van der Waals surface area contributed by atoms with Crippen LogP contribution in [0, 0.1) is 5.92 Å². The Labute approximate surface area is 96.0 Å². The minimum atomic E-state index is 0.716. The maximum Gasteiger partial charge on any atom is 0.0407 e. The summed E-state index contributed by atoms with van der Waals surface area (Å²) in [6.07, 6.45) is 2.41. The van der Waals surface area contributed by atoms with Crippen LogP contribution in [0.5, 0.6) is 0 Å². The second kappa shape index (κ2) is 4.86. The van der Waals surface area contributed by atoms with Gasteiger partial charge in [0.15, 0.2) is 0 Å². The van der Waals surface area contributed by atoms with Crippen LogP contribution in [0.4, 0.5) is 5.69 Å². The summed E-state index contributed by atoms with van der Waals surface area (Å²) in [5.74, 6) is 0.716. The van der Waals surface area contributed by atoms with Crippen LogP contribution in [0.25, 0.3) is 0 Å². The smallest absolute Gasteiger partial charge is 0.0407 e. The third-order valence-corrected chi connectivity index (χ3v) is 3.39. The zero-order valence-corrected chi connectivity index (χ0v) is 9.58. The van der Waals surface area contributed by atoms with Gasteiger partial charge in [-0.2, -0.15) is 0 Å². The molecule has 2 rings (SSSR count). The van der Waals surface area contributed by atoms with Gasteiger partial charge in [0, 0.05) is 23.8 Å². The van der Waals surface area contributed by atoms with Crippen molar-refractivity contribution in [2.24, 2.45) is 11.7 Å². The first kappa shape index (κ1) is 10.8. The lowest BCUT2D eigenvalue weighted by molar-refractivity contribution is 0.414. The van der Waals surface area contributed by atoms with Gasteiger partial charge in [-0.15, -0.1) is 0 Å². The maximum atomic E-state index is 5.86. The highest BCUT2D eigenvalue weighted by Gasteiger charge is 2.17. The van der Waals surface area contributed by atoms with Gasteiger partial charge in [0.2, 0.25) is 0 Å². The van der Waals surface area contributed by atoms with Crippen LogP contribution < -0.4 is 10.6 Å². The molecule has 1 aliphatic heterocycles. The van der Waals surface area contributed by atoms with Crippen LogP contribution in [-0.2, 0) is 0 Å². The molecule has 0 aromatic heterocycles. The molecule has 2 N–H and O–H groups in total. The molecule has 1 saturated heterocycles. The first-order chi connectivity index (χ1) is 7.29. The maximum absolute atomic E-state index is 5.86. The molecule has 0 saturated carbocycles. The first-order valence-corrected chi connectivity index (χ1v) is 5.88. The molecule has 1 fully saturated rings. The van der Waals surface area contributed by atoms with E-state index in [0.717, 1.165) is 24.7 Å². The van der Waals surface area contributed by atoms with Gasteiger partial charge < -0.3 is 10.6 Å². The van der Waals surface area contributed by atoms with Crippen molar-refractivity contribution < 1.29 is 0 Å². The summed E-state index contributed by atoms with van der Waals surface area (Å²) in [4.78, 5) is 2.41. The molecule has 3 heteroatoms. The lowest BCUT2D eigenvalue weighted by atomic mass is 9.97. The average Bonchev–Trinajstić information content (AvgIpc) is 2.30. The highest BCUT2D eigenvalue weighted by molar-refractivity contribution is 6.30. The standard InChI is InChI=1S/C12H17ClN2/c13-11-1-3-12(4-2-11)15-7-5-10(9-14)6-8-15/h1-4,10H,5-9,14H2. The van der Waals surface area contributed by atoms with E-state index in [0.29, 0.717) is 5.92 Å². The Morgan fingerprint density at radius 2 is 1.80 bits per heavy atom. The number of rotatable bonds is 2. The Hall–Kier alpha value is -0.730. The highest BCUT2D eigenvalue weighted by Crippen LogP contribution is 2.23. The zero-order valence-electron chi connectivity index (χ0n) is 8.82. The van der Waals surface area contributed by atoms with Gasteiger partial charge in [0.05, 0.1) is 0 Å². The molecule has 0 radical (unpaired) electrons. The summed E-state index contributed by atoms with van der Waals surface area (Å²) in [5.41, 5.74) is 6.94. The number of benzene rings is 1. The Bertz CT molecular complexity index is 302. The van der Waals surface area contributed by atoms with E-state index in [2.05, 4.69) is 17.0 Å². The van der Waals surface area contributed by atoms with Crippen LogP contribution in [0.1, 0.15) is 12.8 Å². The van der Waals surface area contributed by atoms with Crippen molar-refractivity contribution in [3.8, 4) is 0 Å². The molecule has 0 unspecified atom stereocenters. The molecule has 0 atom stereocenters. The molecule has 0 amide bonds. The second-order valence-electron chi connectivity index (χ2n) is 4.14. The van der Waals surface area contributed by atoms with Gasteiger partial charge in [-0.05, 0) is 49.6 Å². The van der Waals surface area contributed by atoms with Gasteiger partial charge in [-0.1, -0.05) is 11.6 Å². The van der Waals surface area contributed by atoms with E-state index in [1.807, 2.05) is 12.1 Å². The van der Waals surface area contributed by atoms with Crippen molar-refractivity contribution in [2.45, 2.75) is 12.8 Å². The molecule has 1 aromatic rings. The van der Waals surface area contributed by atoms with Gasteiger partial charge in [-0.3, -0.25) is 0 Å². The molecular weight excluding hydrogens is 208 g/mol. The molecule has 0 spiro atoms. The predicted molar refractivity (Wildman–Crippen MR) is 65.4 cm³/mol. The third-order valence-electron chi connectivity index (χ3n) is 3.14. The van der Waals surface area contributed by atoms with E-state index < -0.39 is 0 Å². The molecule has 0 aliphatic carbocycles. The quantitative estimate of drug-likeness (QED) is 0.837. The van der Waals surface area contributed by atoms with Gasteiger partial charge >= 0.3 is 0 Å². The normalized spacial score (nSPS) is 18.1. The molecular formula is C12H17ClN2. The molecule has 15 heavy (non-hydrogen) atoms. The van der Waals surface area contributed by atoms with Crippen molar-refractivity contribution in [1.29, 1.82) is 0 Å². The Morgan fingerprint density at radius 3 is 2.33 bits per heavy atom. The number of halogens is 1. The number of hydrogen-bond acceptors (Lipinski definition) is 2. The van der Waals surface area contributed by atoms with Gasteiger partial charge in [-0.25, -0.2) is 0 Å². The number of nitrogens with two attached hydrogens (primary N) is 1. The highest BCUT2D eigenvalue weighted by atomic mass is 35.5. The van der Waals surface area contributed by atoms with E-state index in [1.54, 1.807) is 0 Å². The Balaban J connectivity index is 1.98. The summed E-state index contributed by atoms with van der Waals surface area (Å²) in [6.45, 7) is 3.06. The van der Waals surface area contributed by atoms with E-state index in [-0.39, 0.29) is 0 Å². The van der Waals surface area contributed by atoms with Gasteiger partial charge in [0.1, 0.15) is 0 Å². The number of hydrogen-bond donors (Lipinski definition) is 1. The largest absolute Gasteiger partial charge is 0.372 e. The van der Waals surface area contributed by atoms with Crippen LogP contribution in [0.15, 0.2) is 24.3 Å². The fraction of sp³-hybridized carbons (Fsp3) is 0.500. The molecule has 82 valence electrons. The predicted octanol–water partition coefficient (Wildman–Crippen LogP) is 2.52. The SMILES string of the molecule is NCC1CCN(c2ccc(Cl)cc2)CC1. The van der Waals surface area contributed by atoms with Crippen molar-refractivity contribution in [1.82, 2.24) is 0 Å². The lowest BCUT2D eigenvalue weighted by Crippen LogP contribution is -2.35. The topological polar surface area (TPSA) is 29.3 Å². The summed E-state index contributed by atoms with van der Waals surface area (Å²) < 4.78 is 0. The third kappa shape index (κ3) is 2.64. The average molecular weight is 225 g/mol. The zero-order chi connectivity index (χ0) is 10.7. The van der Waals surface area contributed by atoms with Crippen molar-refractivity contribution in [2.75, 3.05) is 24.5 Å². The summed E-state index contributed by atoms with van der Waals surface area (Å²) in [7, 11) is 0. The minimum absolute atomic E-state index is 0.716. The number of nitrogens with zero attached hydrogens (tertiary/aromatic N) is 1. The molecule has 2 nitrogen and oxygen atoms in total. The van der Waals surface area contributed by atoms with Crippen LogP contribution in [0.2, 0.25) is 5.02 Å². The van der Waals surface area contributed by atoms with Crippen LogP contribution in [-0.4, -0.2) is 19.6 Å². The molecule has 1 heterocycles. The fourth-order valence-corrected chi connectivity index (χ4v) is 2.20. The van der Waals surface area contributed by atoms with Crippen molar-refractivity contribution in [3.63, 3.8) is 0 Å². The van der Waals surface area contributed by atoms with Gasteiger partial charge in [0.25, 0.3) is 0 Å². The van der Waals surface area contributed by atoms with Crippen molar-refractivity contribution >= 4 is 17.3 Å². The number of piperidine rings is 1. The van der Waals surface area contributed by atoms with Crippen LogP contribution in [0.3, 0.4) is 0 Å². The monoisotopic (exact) mass is 224 g/mol. The molecule has 1 aliphatic rings. The summed E-state index contributed by atoms with van der Waals surface area (Å²) in [5, 5.41) is 0.801. The molecule has 1 aromatic carbocycles. The summed E-state index contributed by atoms with van der Waals surface area (Å²) in [6, 6.07) is 8.08. The fourth-order valence-electron chi connectivity index (χ4n) is 2.08. The van der Waals surface area contributed by atoms with E-state index in [1.165, 1.54) is 18.5 Å². The van der Waals surface area contributed by atoms with E-state index in [9.17, 15) is 0 Å². The second-order valence-corrected chi connectivity index (χ2v) is 4.58. The van der Waals surface area contributed by atoms with E-state index in [4.69, 9.17) is 17.3 Å². The minimum Gasteiger partial charge on any atom is -0.372 e. The van der Waals surface area contributed by atoms with Crippen LogP contribution >= 0.6 is 11.6 Å². The first-order valence-electron chi connectivity index (χ1n) is 5.50. The number of anilines is 1. The Morgan fingerprint density at radius 1 is 1.20 bits per heavy atom. The van der Waals surface area contributed by atoms with Crippen molar-refractivity contribution in [3.05, 3.63) is 29.3 Å². The summed E-state index contributed by atoms with van der Waals surface area (Å²) >= 11 is 5.86. The lowest BCUT2D eigenvalue weighted by Gasteiger charge is -2.33. The molecule has 0 bridgehead atoms. The Kier molecular flexibility index (Phi) is 3.49. The van der Waals surface area contributed by atoms with E-state index >= 15 is 0 Å².